The van der Waals surface area contributed by atoms with Crippen molar-refractivity contribution in [3.05, 3.63) is 47.8 Å². The molecule has 0 aliphatic heterocycles. The molecular formula is C16H20N2O3. The number of benzene rings is 1. The lowest BCUT2D eigenvalue weighted by atomic mass is 10.1. The highest BCUT2D eigenvalue weighted by atomic mass is 16.5. The van der Waals surface area contributed by atoms with Crippen LogP contribution in [0.25, 0.3) is 0 Å². The third-order valence-electron chi connectivity index (χ3n) is 3.14. The predicted octanol–water partition coefficient (Wildman–Crippen LogP) is 2.59. The summed E-state index contributed by atoms with van der Waals surface area (Å²) in [6.45, 7) is 3.39. The zero-order chi connectivity index (χ0) is 15.1. The number of aryl methyl sites for hydroxylation is 1. The molecule has 0 radical (unpaired) electrons. The van der Waals surface area contributed by atoms with Crippen LogP contribution in [0.3, 0.4) is 0 Å². The first-order valence-electron chi connectivity index (χ1n) is 7.01. The van der Waals surface area contributed by atoms with Crippen molar-refractivity contribution < 1.29 is 14.3 Å². The van der Waals surface area contributed by atoms with E-state index >= 15 is 0 Å². The monoisotopic (exact) mass is 288 g/mol. The summed E-state index contributed by atoms with van der Waals surface area (Å²) in [5, 5.41) is 4.22. The number of carbonyl (C=O) groups excluding carboxylic acids is 1. The molecule has 0 aliphatic carbocycles. The molecule has 0 bridgehead atoms. The van der Waals surface area contributed by atoms with Crippen LogP contribution in [0.5, 0.6) is 5.75 Å². The average molecular weight is 288 g/mol. The minimum Gasteiger partial charge on any atom is -0.486 e. The number of nitrogens with zero attached hydrogens (tertiary/aromatic N) is 2. The zero-order valence-corrected chi connectivity index (χ0v) is 12.4. The molecule has 2 aromatic rings. The van der Waals surface area contributed by atoms with E-state index in [1.54, 1.807) is 6.20 Å². The fourth-order valence-electron chi connectivity index (χ4n) is 2.03. The summed E-state index contributed by atoms with van der Waals surface area (Å²) >= 11 is 0. The van der Waals surface area contributed by atoms with E-state index in [0.717, 1.165) is 29.8 Å². The summed E-state index contributed by atoms with van der Waals surface area (Å²) in [4.78, 5) is 11.4. The molecule has 0 fully saturated rings. The second-order valence-electron chi connectivity index (χ2n) is 4.75. The number of rotatable bonds is 7. The molecule has 0 unspecified atom stereocenters. The van der Waals surface area contributed by atoms with Crippen LogP contribution in [0.1, 0.15) is 24.5 Å². The highest BCUT2D eigenvalue weighted by Gasteiger charge is 2.08. The van der Waals surface area contributed by atoms with Gasteiger partial charge in [0.1, 0.15) is 6.61 Å². The van der Waals surface area contributed by atoms with Gasteiger partial charge in [-0.05, 0) is 17.5 Å². The lowest BCUT2D eigenvalue weighted by molar-refractivity contribution is -0.139. The van der Waals surface area contributed by atoms with Crippen LogP contribution >= 0.6 is 0 Å². The normalized spacial score (nSPS) is 10.4. The van der Waals surface area contributed by atoms with E-state index < -0.39 is 0 Å². The zero-order valence-electron chi connectivity index (χ0n) is 12.4. The Morgan fingerprint density at radius 3 is 2.76 bits per heavy atom. The summed E-state index contributed by atoms with van der Waals surface area (Å²) < 4.78 is 12.3. The number of carbonyl (C=O) groups is 1. The third-order valence-corrected chi connectivity index (χ3v) is 3.14. The van der Waals surface area contributed by atoms with Gasteiger partial charge in [0.25, 0.3) is 0 Å². The van der Waals surface area contributed by atoms with Gasteiger partial charge >= 0.3 is 5.97 Å². The van der Waals surface area contributed by atoms with Crippen molar-refractivity contribution in [2.45, 2.75) is 32.9 Å². The van der Waals surface area contributed by atoms with Crippen LogP contribution in [-0.2, 0) is 29.1 Å². The van der Waals surface area contributed by atoms with E-state index in [-0.39, 0.29) is 12.4 Å². The van der Waals surface area contributed by atoms with Gasteiger partial charge in [-0.2, -0.15) is 5.10 Å². The Hall–Kier alpha value is -2.30. The maximum Gasteiger partial charge on any atom is 0.309 e. The second-order valence-corrected chi connectivity index (χ2v) is 4.75. The predicted molar refractivity (Wildman–Crippen MR) is 79.0 cm³/mol. The SMILES string of the molecule is CCCn1cc(OCc2ccccc2CC(=O)OC)cn1. The highest BCUT2D eigenvalue weighted by molar-refractivity contribution is 5.72. The molecule has 112 valence electrons. The Bertz CT molecular complexity index is 593. The van der Waals surface area contributed by atoms with Crippen LogP contribution in [0.15, 0.2) is 36.7 Å². The van der Waals surface area contributed by atoms with Gasteiger partial charge in [-0.3, -0.25) is 9.48 Å². The molecule has 5 nitrogen and oxygen atoms in total. The molecular weight excluding hydrogens is 268 g/mol. The van der Waals surface area contributed by atoms with Crippen LogP contribution in [0, 0.1) is 0 Å². The Balaban J connectivity index is 2.00. The van der Waals surface area contributed by atoms with Crippen LogP contribution in [0.4, 0.5) is 0 Å². The highest BCUT2D eigenvalue weighted by Crippen LogP contribution is 2.15. The van der Waals surface area contributed by atoms with Gasteiger partial charge in [0, 0.05) is 6.54 Å². The summed E-state index contributed by atoms with van der Waals surface area (Å²) in [7, 11) is 1.39. The molecule has 0 atom stereocenters. The molecule has 0 saturated heterocycles. The number of esters is 1. The minimum absolute atomic E-state index is 0.252. The topological polar surface area (TPSA) is 53.4 Å². The second kappa shape index (κ2) is 7.47. The van der Waals surface area contributed by atoms with E-state index in [2.05, 4.69) is 12.0 Å². The van der Waals surface area contributed by atoms with Gasteiger partial charge in [-0.1, -0.05) is 31.2 Å². The van der Waals surface area contributed by atoms with Crippen molar-refractivity contribution in [2.24, 2.45) is 0 Å². The first kappa shape index (κ1) is 15.1. The number of aromatic nitrogens is 2. The first-order chi connectivity index (χ1) is 10.2. The molecule has 0 saturated carbocycles. The van der Waals surface area contributed by atoms with Gasteiger partial charge in [-0.25, -0.2) is 0 Å². The molecule has 0 N–H and O–H groups in total. The molecule has 2 rings (SSSR count). The average Bonchev–Trinajstić information content (AvgIpc) is 2.94. The number of hydrogen-bond donors (Lipinski definition) is 0. The van der Waals surface area contributed by atoms with Gasteiger partial charge in [-0.15, -0.1) is 0 Å². The van der Waals surface area contributed by atoms with Crippen LogP contribution < -0.4 is 4.74 Å². The quantitative estimate of drug-likeness (QED) is 0.735. The molecule has 1 aromatic carbocycles. The standard InChI is InChI=1S/C16H20N2O3/c1-3-8-18-11-15(10-17-18)21-12-14-7-5-4-6-13(14)9-16(19)20-2/h4-7,10-11H,3,8-9,12H2,1-2H3. The van der Waals surface area contributed by atoms with Crippen LogP contribution in [-0.4, -0.2) is 22.9 Å². The Morgan fingerprint density at radius 2 is 2.05 bits per heavy atom. The van der Waals surface area contributed by atoms with E-state index in [4.69, 9.17) is 9.47 Å². The molecule has 5 heteroatoms. The summed E-state index contributed by atoms with van der Waals surface area (Å²) in [6.07, 6.45) is 4.87. The van der Waals surface area contributed by atoms with Gasteiger partial charge < -0.3 is 9.47 Å². The van der Waals surface area contributed by atoms with E-state index in [1.165, 1.54) is 7.11 Å². The third kappa shape index (κ3) is 4.34. The van der Waals surface area contributed by atoms with Gasteiger partial charge in [0.15, 0.2) is 5.75 Å². The molecule has 21 heavy (non-hydrogen) atoms. The van der Waals surface area contributed by atoms with Crippen molar-refractivity contribution >= 4 is 5.97 Å². The summed E-state index contributed by atoms with van der Waals surface area (Å²) in [5.74, 6) is 0.481. The molecule has 0 spiro atoms. The van der Waals surface area contributed by atoms with Crippen molar-refractivity contribution in [3.8, 4) is 5.75 Å². The van der Waals surface area contributed by atoms with Crippen LogP contribution in [0.2, 0.25) is 0 Å². The number of methoxy groups -OCH3 is 1. The lowest BCUT2D eigenvalue weighted by Crippen LogP contribution is -2.08. The summed E-state index contributed by atoms with van der Waals surface area (Å²) in [6, 6.07) is 7.70. The van der Waals surface area contributed by atoms with Crippen molar-refractivity contribution in [2.75, 3.05) is 7.11 Å². The maximum absolute atomic E-state index is 11.4. The smallest absolute Gasteiger partial charge is 0.309 e. The van der Waals surface area contributed by atoms with Gasteiger partial charge in [0.05, 0.1) is 25.9 Å². The summed E-state index contributed by atoms with van der Waals surface area (Å²) in [5.41, 5.74) is 1.90. The number of ether oxygens (including phenoxy) is 2. The Labute approximate surface area is 124 Å². The minimum atomic E-state index is -0.252. The molecule has 0 aliphatic rings. The molecule has 1 aromatic heterocycles. The van der Waals surface area contributed by atoms with E-state index in [1.807, 2.05) is 35.1 Å². The fourth-order valence-corrected chi connectivity index (χ4v) is 2.03. The van der Waals surface area contributed by atoms with E-state index in [9.17, 15) is 4.79 Å². The van der Waals surface area contributed by atoms with Gasteiger partial charge in [0.2, 0.25) is 0 Å². The van der Waals surface area contributed by atoms with Crippen molar-refractivity contribution in [1.82, 2.24) is 9.78 Å². The first-order valence-corrected chi connectivity index (χ1v) is 7.01. The van der Waals surface area contributed by atoms with Crippen molar-refractivity contribution in [1.29, 1.82) is 0 Å². The maximum atomic E-state index is 11.4. The Kier molecular flexibility index (Phi) is 5.37. The molecule has 1 heterocycles. The van der Waals surface area contributed by atoms with E-state index in [0.29, 0.717) is 6.61 Å². The lowest BCUT2D eigenvalue weighted by Gasteiger charge is -2.09. The Morgan fingerprint density at radius 1 is 1.29 bits per heavy atom. The van der Waals surface area contributed by atoms with Crippen molar-refractivity contribution in [3.63, 3.8) is 0 Å². The number of hydrogen-bond acceptors (Lipinski definition) is 4. The fraction of sp³-hybridized carbons (Fsp3) is 0.375. The largest absolute Gasteiger partial charge is 0.486 e. The molecule has 0 amide bonds.